The molecule has 2 heterocycles. The van der Waals surface area contributed by atoms with Gasteiger partial charge in [-0.25, -0.2) is 0 Å². The average molecular weight is 336 g/mol. The number of piperidine rings is 1. The van der Waals surface area contributed by atoms with Gasteiger partial charge in [0.2, 0.25) is 0 Å². The van der Waals surface area contributed by atoms with Crippen LogP contribution >= 0.6 is 0 Å². The third-order valence-corrected chi connectivity index (χ3v) is 4.74. The number of anilines is 1. The second-order valence-electron chi connectivity index (χ2n) is 6.39. The lowest BCUT2D eigenvalue weighted by molar-refractivity contribution is -0.384. The van der Waals surface area contributed by atoms with E-state index in [0.29, 0.717) is 30.9 Å². The van der Waals surface area contributed by atoms with E-state index in [0.717, 1.165) is 32.3 Å². The highest BCUT2D eigenvalue weighted by molar-refractivity contribution is 5.64. The van der Waals surface area contributed by atoms with E-state index in [1.807, 2.05) is 4.90 Å². The summed E-state index contributed by atoms with van der Waals surface area (Å²) >= 11 is 0. The number of rotatable bonds is 6. The minimum absolute atomic E-state index is 0.0888. The van der Waals surface area contributed by atoms with Crippen molar-refractivity contribution in [1.82, 2.24) is 0 Å². The van der Waals surface area contributed by atoms with E-state index in [-0.39, 0.29) is 29.4 Å². The third-order valence-electron chi connectivity index (χ3n) is 4.74. The SMILES string of the molecule is O=[N+]([O-])c1ccc(CO)cc1N1CCC(OCC2CCCO2)CC1. The Bertz CT molecular complexity index is 566. The molecule has 1 unspecified atom stereocenters. The molecule has 7 heteroatoms. The van der Waals surface area contributed by atoms with Crippen molar-refractivity contribution in [3.8, 4) is 0 Å². The standard InChI is InChI=1S/C17H24N2O5/c20-11-13-3-4-16(19(21)22)17(10-13)18-7-5-14(6-8-18)24-12-15-2-1-9-23-15/h3-4,10,14-15,20H,1-2,5-9,11-12H2. The van der Waals surface area contributed by atoms with Crippen LogP contribution in [0.1, 0.15) is 31.2 Å². The Morgan fingerprint density at radius 1 is 1.33 bits per heavy atom. The van der Waals surface area contributed by atoms with Crippen LogP contribution in [0.15, 0.2) is 18.2 Å². The molecule has 2 aliphatic rings. The molecule has 0 amide bonds. The first-order valence-electron chi connectivity index (χ1n) is 8.53. The van der Waals surface area contributed by atoms with Crippen LogP contribution in [0, 0.1) is 10.1 Å². The number of benzene rings is 1. The summed E-state index contributed by atoms with van der Waals surface area (Å²) in [6, 6.07) is 4.78. The molecule has 1 atom stereocenters. The van der Waals surface area contributed by atoms with Crippen molar-refractivity contribution >= 4 is 11.4 Å². The Morgan fingerprint density at radius 2 is 2.12 bits per heavy atom. The number of nitro groups is 1. The van der Waals surface area contributed by atoms with Crippen LogP contribution in [-0.4, -0.2) is 48.5 Å². The van der Waals surface area contributed by atoms with Crippen molar-refractivity contribution in [2.45, 2.75) is 44.5 Å². The zero-order valence-electron chi connectivity index (χ0n) is 13.7. The van der Waals surface area contributed by atoms with E-state index >= 15 is 0 Å². The Kier molecular flexibility index (Phi) is 5.65. The fourth-order valence-electron chi connectivity index (χ4n) is 3.36. The Morgan fingerprint density at radius 3 is 2.75 bits per heavy atom. The van der Waals surface area contributed by atoms with Crippen LogP contribution in [0.3, 0.4) is 0 Å². The molecule has 0 radical (unpaired) electrons. The summed E-state index contributed by atoms with van der Waals surface area (Å²) in [4.78, 5) is 12.9. The van der Waals surface area contributed by atoms with E-state index in [1.165, 1.54) is 6.07 Å². The predicted octanol–water partition coefficient (Wildman–Crippen LogP) is 2.25. The van der Waals surface area contributed by atoms with Gasteiger partial charge in [-0.05, 0) is 43.4 Å². The fraction of sp³-hybridized carbons (Fsp3) is 0.647. The molecule has 1 N–H and O–H groups in total. The third kappa shape index (κ3) is 4.03. The first kappa shape index (κ1) is 17.1. The molecule has 7 nitrogen and oxygen atoms in total. The summed E-state index contributed by atoms with van der Waals surface area (Å²) in [6.07, 6.45) is 4.27. The molecule has 3 rings (SSSR count). The number of hydrogen-bond acceptors (Lipinski definition) is 6. The summed E-state index contributed by atoms with van der Waals surface area (Å²) in [5.74, 6) is 0. The van der Waals surface area contributed by atoms with Gasteiger partial charge in [-0.15, -0.1) is 0 Å². The molecule has 2 saturated heterocycles. The quantitative estimate of drug-likeness (QED) is 0.633. The van der Waals surface area contributed by atoms with Crippen molar-refractivity contribution in [2.24, 2.45) is 0 Å². The number of hydrogen-bond donors (Lipinski definition) is 1. The zero-order valence-corrected chi connectivity index (χ0v) is 13.7. The van der Waals surface area contributed by atoms with E-state index in [1.54, 1.807) is 12.1 Å². The van der Waals surface area contributed by atoms with Gasteiger partial charge in [0.25, 0.3) is 5.69 Å². The van der Waals surface area contributed by atoms with E-state index in [2.05, 4.69) is 0 Å². The second kappa shape index (κ2) is 7.92. The molecule has 0 saturated carbocycles. The van der Waals surface area contributed by atoms with Crippen molar-refractivity contribution in [2.75, 3.05) is 31.2 Å². The highest BCUT2D eigenvalue weighted by Crippen LogP contribution is 2.32. The zero-order chi connectivity index (χ0) is 16.9. The summed E-state index contributed by atoms with van der Waals surface area (Å²) in [6.45, 7) is 2.78. The molecule has 132 valence electrons. The fourth-order valence-corrected chi connectivity index (χ4v) is 3.36. The van der Waals surface area contributed by atoms with Crippen molar-refractivity contribution < 1.29 is 19.5 Å². The predicted molar refractivity (Wildman–Crippen MR) is 89.2 cm³/mol. The van der Waals surface area contributed by atoms with Crippen LogP contribution in [0.4, 0.5) is 11.4 Å². The van der Waals surface area contributed by atoms with Gasteiger partial charge in [-0.2, -0.15) is 0 Å². The van der Waals surface area contributed by atoms with Gasteiger partial charge in [-0.3, -0.25) is 10.1 Å². The van der Waals surface area contributed by atoms with Gasteiger partial charge in [0.05, 0.1) is 30.3 Å². The number of aliphatic hydroxyl groups excluding tert-OH is 1. The Labute approximate surface area is 141 Å². The molecule has 0 aromatic heterocycles. The van der Waals surface area contributed by atoms with Crippen LogP contribution < -0.4 is 4.90 Å². The number of nitrogens with zero attached hydrogens (tertiary/aromatic N) is 2. The van der Waals surface area contributed by atoms with Crippen molar-refractivity contribution in [3.63, 3.8) is 0 Å². The highest BCUT2D eigenvalue weighted by atomic mass is 16.6. The van der Waals surface area contributed by atoms with Gasteiger partial charge >= 0.3 is 0 Å². The lowest BCUT2D eigenvalue weighted by atomic mass is 10.1. The van der Waals surface area contributed by atoms with Gasteiger partial charge in [0, 0.05) is 25.8 Å². The van der Waals surface area contributed by atoms with Gasteiger partial charge in [0.15, 0.2) is 0 Å². The molecule has 0 bridgehead atoms. The molecular weight excluding hydrogens is 312 g/mol. The minimum Gasteiger partial charge on any atom is -0.392 e. The maximum atomic E-state index is 11.3. The summed E-state index contributed by atoms with van der Waals surface area (Å²) in [5.41, 5.74) is 1.36. The van der Waals surface area contributed by atoms with Crippen LogP contribution in [-0.2, 0) is 16.1 Å². The van der Waals surface area contributed by atoms with E-state index in [4.69, 9.17) is 9.47 Å². The Hall–Kier alpha value is -1.70. The maximum Gasteiger partial charge on any atom is 0.292 e. The van der Waals surface area contributed by atoms with Crippen LogP contribution in [0.5, 0.6) is 0 Å². The van der Waals surface area contributed by atoms with Crippen molar-refractivity contribution in [1.29, 1.82) is 0 Å². The first-order chi connectivity index (χ1) is 11.7. The van der Waals surface area contributed by atoms with Crippen molar-refractivity contribution in [3.05, 3.63) is 33.9 Å². The molecule has 1 aromatic rings. The number of nitro benzene ring substituents is 1. The molecule has 2 aliphatic heterocycles. The molecule has 1 aromatic carbocycles. The number of aliphatic hydroxyl groups is 1. The average Bonchev–Trinajstić information content (AvgIpc) is 3.13. The minimum atomic E-state index is -0.365. The monoisotopic (exact) mass is 336 g/mol. The molecule has 2 fully saturated rings. The molecule has 0 aliphatic carbocycles. The largest absolute Gasteiger partial charge is 0.392 e. The normalized spacial score (nSPS) is 22.0. The first-order valence-corrected chi connectivity index (χ1v) is 8.53. The van der Waals surface area contributed by atoms with Gasteiger partial charge < -0.3 is 19.5 Å². The topological polar surface area (TPSA) is 85.1 Å². The van der Waals surface area contributed by atoms with Gasteiger partial charge in [-0.1, -0.05) is 0 Å². The maximum absolute atomic E-state index is 11.3. The highest BCUT2D eigenvalue weighted by Gasteiger charge is 2.26. The van der Waals surface area contributed by atoms with Crippen LogP contribution in [0.25, 0.3) is 0 Å². The van der Waals surface area contributed by atoms with E-state index in [9.17, 15) is 15.2 Å². The lowest BCUT2D eigenvalue weighted by Gasteiger charge is -2.33. The lowest BCUT2D eigenvalue weighted by Crippen LogP contribution is -2.38. The summed E-state index contributed by atoms with van der Waals surface area (Å²) in [5, 5.41) is 20.5. The Balaban J connectivity index is 1.58. The summed E-state index contributed by atoms with van der Waals surface area (Å²) in [7, 11) is 0. The van der Waals surface area contributed by atoms with E-state index < -0.39 is 0 Å². The van der Waals surface area contributed by atoms with Gasteiger partial charge in [0.1, 0.15) is 5.69 Å². The molecule has 24 heavy (non-hydrogen) atoms. The van der Waals surface area contributed by atoms with Crippen LogP contribution in [0.2, 0.25) is 0 Å². The molecular formula is C17H24N2O5. The smallest absolute Gasteiger partial charge is 0.292 e. The molecule has 0 spiro atoms. The summed E-state index contributed by atoms with van der Waals surface area (Å²) < 4.78 is 11.5. The number of ether oxygens (including phenoxy) is 2. The second-order valence-corrected chi connectivity index (χ2v) is 6.39.